The Balaban J connectivity index is 2.25. The number of methoxy groups -OCH3 is 1. The van der Waals surface area contributed by atoms with Gasteiger partial charge in [-0.1, -0.05) is 19.9 Å². The van der Waals surface area contributed by atoms with Crippen LogP contribution in [0.5, 0.6) is 5.75 Å². The lowest BCUT2D eigenvalue weighted by Crippen LogP contribution is -2.46. The zero-order chi connectivity index (χ0) is 13.8. The monoisotopic (exact) mass is 263 g/mol. The van der Waals surface area contributed by atoms with E-state index in [0.29, 0.717) is 37.0 Å². The number of Topliss-reactive ketones (excluding diaryl/α,β-unsaturated/α-hetero) is 1. The SMILES string of the molecule is COc1cc(C(C)C)ccc1C(=O)C1COCCN1. The Kier molecular flexibility index (Phi) is 4.56. The third kappa shape index (κ3) is 3.14. The Morgan fingerprint density at radius 1 is 1.47 bits per heavy atom. The highest BCUT2D eigenvalue weighted by atomic mass is 16.5. The van der Waals surface area contributed by atoms with Gasteiger partial charge < -0.3 is 14.8 Å². The standard InChI is InChI=1S/C15H21NO3/c1-10(2)11-4-5-12(14(8-11)18-3)15(17)13-9-19-7-6-16-13/h4-5,8,10,13,16H,6-7,9H2,1-3H3. The first kappa shape index (κ1) is 14.0. The van der Waals surface area contributed by atoms with Crippen LogP contribution in [0.3, 0.4) is 0 Å². The summed E-state index contributed by atoms with van der Waals surface area (Å²) < 4.78 is 10.7. The number of carbonyl (C=O) groups excluding carboxylic acids is 1. The maximum atomic E-state index is 12.4. The smallest absolute Gasteiger partial charge is 0.185 e. The zero-order valence-corrected chi connectivity index (χ0v) is 11.7. The van der Waals surface area contributed by atoms with Gasteiger partial charge in [-0.15, -0.1) is 0 Å². The van der Waals surface area contributed by atoms with Crippen molar-refractivity contribution in [2.45, 2.75) is 25.8 Å². The number of rotatable bonds is 4. The number of hydrogen-bond donors (Lipinski definition) is 1. The molecule has 1 unspecified atom stereocenters. The molecular weight excluding hydrogens is 242 g/mol. The molecule has 1 aliphatic rings. The average molecular weight is 263 g/mol. The van der Waals surface area contributed by atoms with Gasteiger partial charge in [0.05, 0.1) is 31.9 Å². The lowest BCUT2D eigenvalue weighted by Gasteiger charge is -2.23. The van der Waals surface area contributed by atoms with Gasteiger partial charge in [0.15, 0.2) is 5.78 Å². The molecule has 1 aromatic rings. The highest BCUT2D eigenvalue weighted by molar-refractivity contribution is 6.02. The van der Waals surface area contributed by atoms with E-state index in [1.807, 2.05) is 18.2 Å². The topological polar surface area (TPSA) is 47.6 Å². The van der Waals surface area contributed by atoms with Crippen LogP contribution in [0.25, 0.3) is 0 Å². The minimum absolute atomic E-state index is 0.0341. The van der Waals surface area contributed by atoms with Crippen LogP contribution in [0.2, 0.25) is 0 Å². The Morgan fingerprint density at radius 2 is 2.26 bits per heavy atom. The molecule has 0 radical (unpaired) electrons. The molecule has 2 rings (SSSR count). The molecule has 4 nitrogen and oxygen atoms in total. The number of nitrogens with one attached hydrogen (secondary N) is 1. The lowest BCUT2D eigenvalue weighted by atomic mass is 9.97. The van der Waals surface area contributed by atoms with E-state index in [-0.39, 0.29) is 11.8 Å². The molecule has 104 valence electrons. The van der Waals surface area contributed by atoms with E-state index in [1.54, 1.807) is 7.11 Å². The van der Waals surface area contributed by atoms with Crippen molar-refractivity contribution in [1.82, 2.24) is 5.32 Å². The molecule has 1 aliphatic heterocycles. The van der Waals surface area contributed by atoms with Crippen LogP contribution in [0.4, 0.5) is 0 Å². The normalized spacial score (nSPS) is 19.5. The largest absolute Gasteiger partial charge is 0.496 e. The Morgan fingerprint density at radius 3 is 2.84 bits per heavy atom. The van der Waals surface area contributed by atoms with Crippen molar-refractivity contribution in [3.8, 4) is 5.75 Å². The van der Waals surface area contributed by atoms with Crippen LogP contribution in [-0.2, 0) is 4.74 Å². The summed E-state index contributed by atoms with van der Waals surface area (Å²) in [6.07, 6.45) is 0. The number of carbonyl (C=O) groups is 1. The van der Waals surface area contributed by atoms with Gasteiger partial charge in [-0.2, -0.15) is 0 Å². The molecule has 1 atom stereocenters. The molecule has 0 aliphatic carbocycles. The van der Waals surface area contributed by atoms with Crippen LogP contribution in [0, 0.1) is 0 Å². The molecule has 4 heteroatoms. The zero-order valence-electron chi connectivity index (χ0n) is 11.7. The van der Waals surface area contributed by atoms with Crippen LogP contribution < -0.4 is 10.1 Å². The minimum Gasteiger partial charge on any atom is -0.496 e. The molecule has 0 aromatic heterocycles. The van der Waals surface area contributed by atoms with E-state index in [9.17, 15) is 4.79 Å². The number of ether oxygens (including phenoxy) is 2. The van der Waals surface area contributed by atoms with Crippen LogP contribution >= 0.6 is 0 Å². The van der Waals surface area contributed by atoms with Crippen LogP contribution in [-0.4, -0.2) is 38.7 Å². The quantitative estimate of drug-likeness (QED) is 0.844. The highest BCUT2D eigenvalue weighted by Crippen LogP contribution is 2.26. The third-order valence-corrected chi connectivity index (χ3v) is 3.40. The number of hydrogen-bond acceptors (Lipinski definition) is 4. The van der Waals surface area contributed by atoms with Crippen LogP contribution in [0.1, 0.15) is 35.7 Å². The summed E-state index contributed by atoms with van der Waals surface area (Å²) in [7, 11) is 1.60. The van der Waals surface area contributed by atoms with E-state index in [0.717, 1.165) is 0 Å². The molecule has 1 fully saturated rings. The van der Waals surface area contributed by atoms with Crippen molar-refractivity contribution in [2.75, 3.05) is 26.9 Å². The maximum absolute atomic E-state index is 12.4. The molecule has 1 N–H and O–H groups in total. The van der Waals surface area contributed by atoms with Crippen molar-refractivity contribution in [3.63, 3.8) is 0 Å². The van der Waals surface area contributed by atoms with E-state index in [4.69, 9.17) is 9.47 Å². The van der Waals surface area contributed by atoms with Crippen molar-refractivity contribution >= 4 is 5.78 Å². The molecule has 0 amide bonds. The summed E-state index contributed by atoms with van der Waals surface area (Å²) in [6.45, 7) is 6.03. The first-order valence-electron chi connectivity index (χ1n) is 6.66. The van der Waals surface area contributed by atoms with Crippen molar-refractivity contribution < 1.29 is 14.3 Å². The van der Waals surface area contributed by atoms with Gasteiger partial charge in [0.25, 0.3) is 0 Å². The Hall–Kier alpha value is -1.39. The number of benzene rings is 1. The fourth-order valence-electron chi connectivity index (χ4n) is 2.19. The lowest BCUT2D eigenvalue weighted by molar-refractivity contribution is 0.0605. The molecule has 0 bridgehead atoms. The number of morpholine rings is 1. The molecule has 1 heterocycles. The summed E-state index contributed by atoms with van der Waals surface area (Å²) in [5.74, 6) is 1.09. The first-order chi connectivity index (χ1) is 9.13. The van der Waals surface area contributed by atoms with Gasteiger partial charge in [-0.3, -0.25) is 4.79 Å². The third-order valence-electron chi connectivity index (χ3n) is 3.40. The predicted molar refractivity (Wildman–Crippen MR) is 74.0 cm³/mol. The van der Waals surface area contributed by atoms with Crippen LogP contribution in [0.15, 0.2) is 18.2 Å². The fourth-order valence-corrected chi connectivity index (χ4v) is 2.19. The summed E-state index contributed by atoms with van der Waals surface area (Å²) >= 11 is 0. The van der Waals surface area contributed by atoms with Crippen molar-refractivity contribution in [3.05, 3.63) is 29.3 Å². The average Bonchev–Trinajstić information content (AvgIpc) is 2.46. The first-order valence-corrected chi connectivity index (χ1v) is 6.66. The minimum atomic E-state index is -0.271. The molecular formula is C15H21NO3. The van der Waals surface area contributed by atoms with Crippen molar-refractivity contribution in [2.24, 2.45) is 0 Å². The maximum Gasteiger partial charge on any atom is 0.185 e. The number of ketones is 1. The van der Waals surface area contributed by atoms with E-state index < -0.39 is 0 Å². The Bertz CT molecular complexity index is 451. The van der Waals surface area contributed by atoms with Crippen molar-refractivity contribution in [1.29, 1.82) is 0 Å². The van der Waals surface area contributed by atoms with Gasteiger partial charge in [-0.05, 0) is 23.6 Å². The molecule has 1 aromatic carbocycles. The van der Waals surface area contributed by atoms with Gasteiger partial charge >= 0.3 is 0 Å². The summed E-state index contributed by atoms with van der Waals surface area (Å²) in [5, 5.41) is 3.18. The highest BCUT2D eigenvalue weighted by Gasteiger charge is 2.25. The van der Waals surface area contributed by atoms with Gasteiger partial charge in [0, 0.05) is 6.54 Å². The van der Waals surface area contributed by atoms with E-state index in [1.165, 1.54) is 5.56 Å². The summed E-state index contributed by atoms with van der Waals surface area (Å²) in [5.41, 5.74) is 1.79. The predicted octanol–water partition coefficient (Wildman–Crippen LogP) is 1.99. The van der Waals surface area contributed by atoms with Gasteiger partial charge in [-0.25, -0.2) is 0 Å². The summed E-state index contributed by atoms with van der Waals surface area (Å²) in [4.78, 5) is 12.4. The second kappa shape index (κ2) is 6.17. The van der Waals surface area contributed by atoms with E-state index >= 15 is 0 Å². The van der Waals surface area contributed by atoms with Gasteiger partial charge in [0.2, 0.25) is 0 Å². The summed E-state index contributed by atoms with van der Waals surface area (Å²) in [6, 6.07) is 5.52. The molecule has 0 spiro atoms. The second-order valence-electron chi connectivity index (χ2n) is 5.06. The fraction of sp³-hybridized carbons (Fsp3) is 0.533. The molecule has 19 heavy (non-hydrogen) atoms. The Labute approximate surface area is 114 Å². The second-order valence-corrected chi connectivity index (χ2v) is 5.06. The van der Waals surface area contributed by atoms with Gasteiger partial charge in [0.1, 0.15) is 5.75 Å². The van der Waals surface area contributed by atoms with E-state index in [2.05, 4.69) is 19.2 Å². The molecule has 0 saturated carbocycles. The molecule has 1 saturated heterocycles.